The number of nitrogens with zero attached hydrogens (tertiary/aromatic N) is 1. The Bertz CT molecular complexity index is 554. The predicted molar refractivity (Wildman–Crippen MR) is 132 cm³/mol. The minimum atomic E-state index is -0.464. The van der Waals surface area contributed by atoms with Crippen LogP contribution in [0.1, 0.15) is 59.3 Å². The van der Waals surface area contributed by atoms with E-state index in [1.165, 1.54) is 19.3 Å². The Morgan fingerprint density at radius 3 is 2.55 bits per heavy atom. The zero-order valence-corrected chi connectivity index (χ0v) is 21.5. The molecule has 194 valence electrons. The van der Waals surface area contributed by atoms with Gasteiger partial charge in [-0.1, -0.05) is 26.7 Å². The van der Waals surface area contributed by atoms with Crippen molar-refractivity contribution in [2.24, 2.45) is 5.92 Å². The van der Waals surface area contributed by atoms with Gasteiger partial charge in [-0.3, -0.25) is 21.3 Å². The highest BCUT2D eigenvalue weighted by atomic mass is 16.5. The van der Waals surface area contributed by atoms with Gasteiger partial charge in [-0.15, -0.1) is 0 Å². The molecule has 3 fully saturated rings. The van der Waals surface area contributed by atoms with Crippen molar-refractivity contribution >= 4 is 0 Å². The van der Waals surface area contributed by atoms with Crippen LogP contribution in [0.25, 0.3) is 0 Å². The molecule has 8 unspecified atom stereocenters. The Kier molecular flexibility index (Phi) is 11.3. The molecule has 0 saturated carbocycles. The van der Waals surface area contributed by atoms with E-state index in [-0.39, 0.29) is 30.8 Å². The predicted octanol–water partition coefficient (Wildman–Crippen LogP) is 0.358. The monoisotopic (exact) mass is 470 g/mol. The molecule has 9 nitrogen and oxygen atoms in total. The molecular weight excluding hydrogens is 420 g/mol. The van der Waals surface area contributed by atoms with Crippen LogP contribution in [0.15, 0.2) is 0 Å². The van der Waals surface area contributed by atoms with E-state index in [1.54, 1.807) is 7.11 Å². The van der Waals surface area contributed by atoms with Gasteiger partial charge in [0.15, 0.2) is 0 Å². The van der Waals surface area contributed by atoms with Crippen LogP contribution in [0.5, 0.6) is 0 Å². The van der Waals surface area contributed by atoms with Gasteiger partial charge >= 0.3 is 0 Å². The lowest BCUT2D eigenvalue weighted by Crippen LogP contribution is -2.72. The number of aliphatic hydroxyl groups is 1. The lowest BCUT2D eigenvalue weighted by Gasteiger charge is -2.47. The van der Waals surface area contributed by atoms with Crippen molar-refractivity contribution in [3.05, 3.63) is 0 Å². The van der Waals surface area contributed by atoms with Gasteiger partial charge in [0.2, 0.25) is 0 Å². The summed E-state index contributed by atoms with van der Waals surface area (Å²) in [6, 6.07) is 0.932. The highest BCUT2D eigenvalue weighted by molar-refractivity contribution is 4.98. The number of piperidine rings is 1. The van der Waals surface area contributed by atoms with E-state index >= 15 is 0 Å². The highest BCUT2D eigenvalue weighted by Gasteiger charge is 2.42. The zero-order chi connectivity index (χ0) is 23.8. The van der Waals surface area contributed by atoms with E-state index in [4.69, 9.17) is 9.47 Å². The van der Waals surface area contributed by atoms with Gasteiger partial charge in [-0.2, -0.15) is 0 Å². The molecule has 3 rings (SSSR count). The maximum absolute atomic E-state index is 10.5. The third kappa shape index (κ3) is 7.81. The smallest absolute Gasteiger partial charge is 0.134 e. The number of nitrogens with one attached hydrogen (secondary N) is 5. The quantitative estimate of drug-likeness (QED) is 0.228. The molecule has 0 aromatic rings. The van der Waals surface area contributed by atoms with Crippen LogP contribution in [0.3, 0.4) is 0 Å². The molecule has 3 saturated heterocycles. The summed E-state index contributed by atoms with van der Waals surface area (Å²) in [6.07, 6.45) is 6.14. The summed E-state index contributed by atoms with van der Waals surface area (Å²) in [7, 11) is 3.75. The molecule has 9 atom stereocenters. The first-order chi connectivity index (χ1) is 16.0. The maximum Gasteiger partial charge on any atom is 0.134 e. The van der Waals surface area contributed by atoms with Crippen LogP contribution in [0.2, 0.25) is 0 Å². The molecule has 0 radical (unpaired) electrons. The number of rotatable bonds is 13. The summed E-state index contributed by atoms with van der Waals surface area (Å²) in [6.45, 7) is 9.97. The molecule has 3 aliphatic rings. The van der Waals surface area contributed by atoms with Crippen LogP contribution in [-0.2, 0) is 9.47 Å². The van der Waals surface area contributed by atoms with Crippen molar-refractivity contribution in [1.29, 1.82) is 0 Å². The summed E-state index contributed by atoms with van der Waals surface area (Å²) in [5.74, 6) is 0.559. The molecule has 3 aliphatic heterocycles. The third-order valence-electron chi connectivity index (χ3n) is 7.62. The topological polar surface area (TPSA) is 102 Å². The molecule has 6 N–H and O–H groups in total. The Balaban J connectivity index is 1.66. The first kappa shape index (κ1) is 27.2. The molecular formula is C24H50N6O3. The van der Waals surface area contributed by atoms with Crippen LogP contribution in [0, 0.1) is 5.92 Å². The number of hydrogen-bond donors (Lipinski definition) is 6. The summed E-state index contributed by atoms with van der Waals surface area (Å²) >= 11 is 0. The molecule has 33 heavy (non-hydrogen) atoms. The first-order valence-corrected chi connectivity index (χ1v) is 13.2. The van der Waals surface area contributed by atoms with Crippen molar-refractivity contribution < 1.29 is 14.6 Å². The largest absolute Gasteiger partial charge is 0.389 e. The van der Waals surface area contributed by atoms with Gasteiger partial charge < -0.3 is 24.8 Å². The van der Waals surface area contributed by atoms with E-state index in [9.17, 15) is 5.11 Å². The Hall–Kier alpha value is -0.360. The standard InChI is InChI=1S/C24H50N6O3/c1-6-9-17(7-2)22-19(27-24-26-16(3)12-21(25-4)28-24)13-20(23(29-22)32-5)33-15-18(31)14-30-10-8-11-30/h16-29,31H,6-15H2,1-5H3/t16?,17?,18-,19?,20?,21?,22?,23?,24?/m1/s1. The van der Waals surface area contributed by atoms with Gasteiger partial charge in [-0.25, -0.2) is 0 Å². The van der Waals surface area contributed by atoms with E-state index < -0.39 is 6.10 Å². The fourth-order valence-electron chi connectivity index (χ4n) is 5.64. The second kappa shape index (κ2) is 13.7. The summed E-state index contributed by atoms with van der Waals surface area (Å²) in [5, 5.41) is 28.8. The SMILES string of the molecule is CCCC(CC)C1NC(OC)C(OC[C@H](O)CN2CCC2)CC1NC1NC(C)CC(NC)N1. The van der Waals surface area contributed by atoms with Crippen LogP contribution >= 0.6 is 0 Å². The molecule has 0 amide bonds. The van der Waals surface area contributed by atoms with E-state index in [0.717, 1.165) is 32.4 Å². The van der Waals surface area contributed by atoms with Crippen molar-refractivity contribution in [3.8, 4) is 0 Å². The number of methoxy groups -OCH3 is 1. The van der Waals surface area contributed by atoms with E-state index in [1.807, 2.05) is 7.05 Å². The Morgan fingerprint density at radius 1 is 1.15 bits per heavy atom. The normalized spacial score (nSPS) is 37.5. The minimum Gasteiger partial charge on any atom is -0.389 e. The lowest BCUT2D eigenvalue weighted by atomic mass is 9.82. The minimum absolute atomic E-state index is 0.0244. The van der Waals surface area contributed by atoms with Crippen molar-refractivity contribution in [2.75, 3.05) is 40.4 Å². The Morgan fingerprint density at radius 2 is 1.94 bits per heavy atom. The molecule has 0 aliphatic carbocycles. The number of hydrogen-bond acceptors (Lipinski definition) is 9. The number of aliphatic hydroxyl groups excluding tert-OH is 1. The van der Waals surface area contributed by atoms with Gasteiger partial charge in [0.25, 0.3) is 0 Å². The molecule has 3 heterocycles. The van der Waals surface area contributed by atoms with Gasteiger partial charge in [-0.05, 0) is 58.7 Å². The summed E-state index contributed by atoms with van der Waals surface area (Å²) < 4.78 is 12.1. The number of ether oxygens (including phenoxy) is 2. The first-order valence-electron chi connectivity index (χ1n) is 13.2. The fourth-order valence-corrected chi connectivity index (χ4v) is 5.64. The third-order valence-corrected chi connectivity index (χ3v) is 7.62. The van der Waals surface area contributed by atoms with Crippen molar-refractivity contribution in [3.63, 3.8) is 0 Å². The van der Waals surface area contributed by atoms with Gasteiger partial charge in [0, 0.05) is 31.8 Å². The fraction of sp³-hybridized carbons (Fsp3) is 1.00. The molecule has 9 heteroatoms. The average Bonchev–Trinajstić information content (AvgIpc) is 2.78. The van der Waals surface area contributed by atoms with Crippen LogP contribution in [0.4, 0.5) is 0 Å². The second-order valence-corrected chi connectivity index (χ2v) is 10.2. The lowest BCUT2D eigenvalue weighted by molar-refractivity contribution is -0.127. The van der Waals surface area contributed by atoms with Crippen LogP contribution < -0.4 is 26.6 Å². The summed E-state index contributed by atoms with van der Waals surface area (Å²) in [4.78, 5) is 2.28. The highest BCUT2D eigenvalue weighted by Crippen LogP contribution is 2.27. The molecule has 0 aromatic heterocycles. The summed E-state index contributed by atoms with van der Waals surface area (Å²) in [5.41, 5.74) is 0. The zero-order valence-electron chi connectivity index (χ0n) is 21.5. The van der Waals surface area contributed by atoms with E-state index in [0.29, 0.717) is 31.2 Å². The van der Waals surface area contributed by atoms with Gasteiger partial charge in [0.05, 0.1) is 25.0 Å². The van der Waals surface area contributed by atoms with Crippen LogP contribution in [-0.4, -0.2) is 99.4 Å². The average molecular weight is 471 g/mol. The molecule has 0 spiro atoms. The van der Waals surface area contributed by atoms with Gasteiger partial charge in [0.1, 0.15) is 12.5 Å². The second-order valence-electron chi connectivity index (χ2n) is 10.2. The maximum atomic E-state index is 10.5. The van der Waals surface area contributed by atoms with Crippen molar-refractivity contribution in [1.82, 2.24) is 31.5 Å². The Labute approximate surface area is 201 Å². The number of β-amino-alcohol motifs (C(OH)–C–C–N with tert-alkyl or cyclic N) is 1. The number of likely N-dealkylation sites (tertiary alicyclic amines) is 1. The van der Waals surface area contributed by atoms with E-state index in [2.05, 4.69) is 52.3 Å². The molecule has 0 aromatic carbocycles. The van der Waals surface area contributed by atoms with Crippen molar-refractivity contribution in [2.45, 2.75) is 108 Å². The molecule has 0 bridgehead atoms.